The lowest BCUT2D eigenvalue weighted by Gasteiger charge is -2.30. The fourth-order valence-corrected chi connectivity index (χ4v) is 2.66. The molecule has 0 radical (unpaired) electrons. The fourth-order valence-electron chi connectivity index (χ4n) is 2.66. The van der Waals surface area contributed by atoms with Gasteiger partial charge in [0, 0.05) is 19.7 Å². The average molecular weight is 286 g/mol. The van der Waals surface area contributed by atoms with Crippen LogP contribution in [0.3, 0.4) is 0 Å². The van der Waals surface area contributed by atoms with E-state index in [0.29, 0.717) is 19.2 Å². The summed E-state index contributed by atoms with van der Waals surface area (Å²) in [7, 11) is 3.41. The Bertz CT molecular complexity index is 291. The van der Waals surface area contributed by atoms with E-state index in [0.717, 1.165) is 18.8 Å². The summed E-state index contributed by atoms with van der Waals surface area (Å²) >= 11 is 0. The molecule has 2 N–H and O–H groups in total. The highest BCUT2D eigenvalue weighted by Crippen LogP contribution is 2.23. The molecule has 5 nitrogen and oxygen atoms in total. The summed E-state index contributed by atoms with van der Waals surface area (Å²) < 4.78 is 4.90. The van der Waals surface area contributed by atoms with E-state index in [2.05, 4.69) is 12.2 Å². The molecule has 0 aromatic heterocycles. The summed E-state index contributed by atoms with van der Waals surface area (Å²) in [4.78, 5) is 14.1. The molecular formula is C15H30N2O3. The third-order valence-corrected chi connectivity index (χ3v) is 4.26. The summed E-state index contributed by atoms with van der Waals surface area (Å²) in [5.41, 5.74) is 0. The molecule has 0 saturated heterocycles. The molecule has 0 unspecified atom stereocenters. The van der Waals surface area contributed by atoms with Gasteiger partial charge in [-0.1, -0.05) is 6.92 Å². The van der Waals surface area contributed by atoms with Crippen molar-refractivity contribution in [3.05, 3.63) is 0 Å². The summed E-state index contributed by atoms with van der Waals surface area (Å²) in [6, 6.07) is 0.0827. The van der Waals surface area contributed by atoms with Crippen LogP contribution in [0.2, 0.25) is 0 Å². The number of amides is 1. The number of likely N-dealkylation sites (N-methyl/N-ethyl adjacent to an activating group) is 1. The van der Waals surface area contributed by atoms with Crippen molar-refractivity contribution in [2.75, 3.05) is 27.3 Å². The lowest BCUT2D eigenvalue weighted by atomic mass is 9.87. The Morgan fingerprint density at radius 2 is 2.00 bits per heavy atom. The van der Waals surface area contributed by atoms with Gasteiger partial charge in [-0.05, 0) is 45.6 Å². The van der Waals surface area contributed by atoms with Gasteiger partial charge in [0.25, 0.3) is 0 Å². The molecule has 1 amide bonds. The number of aliphatic hydroxyl groups excluding tert-OH is 1. The van der Waals surface area contributed by atoms with Crippen molar-refractivity contribution >= 4 is 5.91 Å². The largest absolute Gasteiger partial charge is 0.389 e. The molecule has 1 rings (SSSR count). The summed E-state index contributed by atoms with van der Waals surface area (Å²) in [6.07, 6.45) is 3.99. The van der Waals surface area contributed by atoms with Crippen LogP contribution in [0.5, 0.6) is 0 Å². The van der Waals surface area contributed by atoms with Crippen LogP contribution in [0, 0.1) is 5.92 Å². The van der Waals surface area contributed by atoms with E-state index >= 15 is 0 Å². The van der Waals surface area contributed by atoms with Crippen LogP contribution in [0.1, 0.15) is 39.5 Å². The van der Waals surface area contributed by atoms with Gasteiger partial charge in [-0.2, -0.15) is 0 Å². The van der Waals surface area contributed by atoms with Crippen LogP contribution < -0.4 is 5.32 Å². The van der Waals surface area contributed by atoms with Crippen LogP contribution in [-0.2, 0) is 9.53 Å². The number of hydrogen-bond acceptors (Lipinski definition) is 4. The Labute approximate surface area is 122 Å². The standard InChI is InChI=1S/C15H30N2O3/c1-11-5-7-13(8-6-11)16-15(19)12(2)17(3)9-14(18)10-20-4/h11-14,18H,5-10H2,1-4H3,(H,16,19)/t11?,12-,13?,14+/m1/s1. The molecule has 0 heterocycles. The number of carbonyl (C=O) groups is 1. The summed E-state index contributed by atoms with van der Waals surface area (Å²) in [5.74, 6) is 0.837. The Hall–Kier alpha value is -0.650. The lowest BCUT2D eigenvalue weighted by molar-refractivity contribution is -0.127. The zero-order valence-corrected chi connectivity index (χ0v) is 13.3. The van der Waals surface area contributed by atoms with E-state index in [9.17, 15) is 9.90 Å². The van der Waals surface area contributed by atoms with Crippen LogP contribution in [0.15, 0.2) is 0 Å². The Morgan fingerprint density at radius 3 is 2.55 bits per heavy atom. The number of hydrogen-bond donors (Lipinski definition) is 2. The molecule has 1 saturated carbocycles. The first-order valence-corrected chi connectivity index (χ1v) is 7.61. The van der Waals surface area contributed by atoms with Gasteiger partial charge in [-0.15, -0.1) is 0 Å². The van der Waals surface area contributed by atoms with E-state index in [1.54, 1.807) is 7.11 Å². The number of aliphatic hydroxyl groups is 1. The van der Waals surface area contributed by atoms with E-state index in [-0.39, 0.29) is 11.9 Å². The minimum Gasteiger partial charge on any atom is -0.389 e. The van der Waals surface area contributed by atoms with Crippen LogP contribution in [-0.4, -0.2) is 61.4 Å². The van der Waals surface area contributed by atoms with Crippen LogP contribution >= 0.6 is 0 Å². The van der Waals surface area contributed by atoms with Gasteiger partial charge in [0.2, 0.25) is 5.91 Å². The van der Waals surface area contributed by atoms with Gasteiger partial charge in [-0.3, -0.25) is 9.69 Å². The zero-order valence-electron chi connectivity index (χ0n) is 13.3. The number of ether oxygens (including phenoxy) is 1. The quantitative estimate of drug-likeness (QED) is 0.733. The van der Waals surface area contributed by atoms with Gasteiger partial charge < -0.3 is 15.2 Å². The monoisotopic (exact) mass is 286 g/mol. The van der Waals surface area contributed by atoms with Gasteiger partial charge >= 0.3 is 0 Å². The predicted molar refractivity (Wildman–Crippen MR) is 79.5 cm³/mol. The molecule has 1 fully saturated rings. The molecule has 0 aromatic carbocycles. The fraction of sp³-hybridized carbons (Fsp3) is 0.933. The number of nitrogens with one attached hydrogen (secondary N) is 1. The molecule has 5 heteroatoms. The highest BCUT2D eigenvalue weighted by Gasteiger charge is 2.24. The first-order chi connectivity index (χ1) is 9.43. The summed E-state index contributed by atoms with van der Waals surface area (Å²) in [5, 5.41) is 12.8. The summed E-state index contributed by atoms with van der Waals surface area (Å²) in [6.45, 7) is 4.87. The second-order valence-corrected chi connectivity index (χ2v) is 6.19. The third kappa shape index (κ3) is 5.77. The molecule has 2 atom stereocenters. The SMILES string of the molecule is COC[C@@H](O)CN(C)[C@H](C)C(=O)NC1CCC(C)CC1. The molecule has 20 heavy (non-hydrogen) atoms. The van der Waals surface area contributed by atoms with Gasteiger partial charge in [0.1, 0.15) is 0 Å². The number of rotatable bonds is 7. The average Bonchev–Trinajstić information content (AvgIpc) is 2.40. The molecular weight excluding hydrogens is 256 g/mol. The Kier molecular flexibility index (Phi) is 7.48. The normalized spacial score (nSPS) is 26.3. The van der Waals surface area contributed by atoms with Crippen molar-refractivity contribution < 1.29 is 14.6 Å². The predicted octanol–water partition coefficient (Wildman–Crippen LogP) is 1.01. The van der Waals surface area contributed by atoms with E-state index in [1.807, 2.05) is 18.9 Å². The van der Waals surface area contributed by atoms with E-state index in [4.69, 9.17) is 4.74 Å². The molecule has 0 spiro atoms. The minimum absolute atomic E-state index is 0.0525. The van der Waals surface area contributed by atoms with Crippen molar-refractivity contribution in [1.82, 2.24) is 10.2 Å². The smallest absolute Gasteiger partial charge is 0.237 e. The van der Waals surface area contributed by atoms with E-state index < -0.39 is 6.10 Å². The van der Waals surface area contributed by atoms with Gasteiger partial charge in [0.05, 0.1) is 18.8 Å². The molecule has 1 aliphatic rings. The number of carbonyl (C=O) groups excluding carboxylic acids is 1. The third-order valence-electron chi connectivity index (χ3n) is 4.26. The van der Waals surface area contributed by atoms with Crippen molar-refractivity contribution in [3.8, 4) is 0 Å². The minimum atomic E-state index is -0.559. The first-order valence-electron chi connectivity index (χ1n) is 7.61. The number of nitrogens with zero attached hydrogens (tertiary/aromatic N) is 1. The molecule has 1 aliphatic carbocycles. The van der Waals surface area contributed by atoms with Crippen molar-refractivity contribution in [3.63, 3.8) is 0 Å². The molecule has 0 aromatic rings. The maximum absolute atomic E-state index is 12.2. The molecule has 0 bridgehead atoms. The van der Waals surface area contributed by atoms with Crippen molar-refractivity contribution in [2.45, 2.75) is 57.7 Å². The van der Waals surface area contributed by atoms with E-state index in [1.165, 1.54) is 12.8 Å². The van der Waals surface area contributed by atoms with Gasteiger partial charge in [0.15, 0.2) is 0 Å². The Morgan fingerprint density at radius 1 is 1.40 bits per heavy atom. The molecule has 118 valence electrons. The lowest BCUT2D eigenvalue weighted by Crippen LogP contribution is -2.49. The maximum atomic E-state index is 12.2. The first kappa shape index (κ1) is 17.4. The van der Waals surface area contributed by atoms with Gasteiger partial charge in [-0.25, -0.2) is 0 Å². The molecule has 0 aliphatic heterocycles. The van der Waals surface area contributed by atoms with Crippen molar-refractivity contribution in [1.29, 1.82) is 0 Å². The maximum Gasteiger partial charge on any atom is 0.237 e. The highest BCUT2D eigenvalue weighted by atomic mass is 16.5. The second-order valence-electron chi connectivity index (χ2n) is 6.19. The number of methoxy groups -OCH3 is 1. The highest BCUT2D eigenvalue weighted by molar-refractivity contribution is 5.81. The van der Waals surface area contributed by atoms with Crippen LogP contribution in [0.4, 0.5) is 0 Å². The topological polar surface area (TPSA) is 61.8 Å². The zero-order chi connectivity index (χ0) is 15.1. The Balaban J connectivity index is 2.34. The van der Waals surface area contributed by atoms with Crippen molar-refractivity contribution in [2.24, 2.45) is 5.92 Å². The second kappa shape index (κ2) is 8.60. The van der Waals surface area contributed by atoms with Crippen LogP contribution in [0.25, 0.3) is 0 Å².